The van der Waals surface area contributed by atoms with E-state index in [2.05, 4.69) is 15.3 Å². The molecule has 0 spiro atoms. The topological polar surface area (TPSA) is 63.8 Å². The van der Waals surface area contributed by atoms with E-state index in [-0.39, 0.29) is 23.3 Å². The second-order valence-corrected chi connectivity index (χ2v) is 5.71. The van der Waals surface area contributed by atoms with E-state index >= 15 is 0 Å². The van der Waals surface area contributed by atoms with Crippen LogP contribution in [0.25, 0.3) is 0 Å². The van der Waals surface area contributed by atoms with Crippen molar-refractivity contribution in [3.63, 3.8) is 0 Å². The first-order chi connectivity index (χ1) is 8.98. The van der Waals surface area contributed by atoms with Gasteiger partial charge in [0.15, 0.2) is 0 Å². The zero-order chi connectivity index (χ0) is 15.7. The SMILES string of the molecule is CC(C)C(C)(Nc1ncc(C(F)(F)F)c(N)n1)C(C)C. The molecule has 3 N–H and O–H groups in total. The Bertz CT molecular complexity index is 461. The maximum Gasteiger partial charge on any atom is 0.421 e. The monoisotopic (exact) mass is 290 g/mol. The van der Waals surface area contributed by atoms with Gasteiger partial charge in [0, 0.05) is 11.7 Å². The molecule has 1 aromatic rings. The summed E-state index contributed by atoms with van der Waals surface area (Å²) in [4.78, 5) is 7.46. The van der Waals surface area contributed by atoms with Crippen molar-refractivity contribution in [3.05, 3.63) is 11.8 Å². The van der Waals surface area contributed by atoms with Crippen molar-refractivity contribution in [3.8, 4) is 0 Å². The molecule has 0 radical (unpaired) electrons. The molecule has 1 rings (SSSR count). The predicted octanol–water partition coefficient (Wildman–Crippen LogP) is 3.56. The van der Waals surface area contributed by atoms with Crippen LogP contribution in [0.5, 0.6) is 0 Å². The summed E-state index contributed by atoms with van der Waals surface area (Å²) in [6.07, 6.45) is -3.83. The summed E-state index contributed by atoms with van der Waals surface area (Å²) in [7, 11) is 0. The molecule has 1 heterocycles. The second-order valence-electron chi connectivity index (χ2n) is 5.71. The number of alkyl halides is 3. The van der Waals surface area contributed by atoms with Crippen LogP contribution in [0.2, 0.25) is 0 Å². The minimum atomic E-state index is -4.54. The third-order valence-electron chi connectivity index (χ3n) is 3.90. The Kier molecular flexibility index (Phi) is 4.51. The average Bonchev–Trinajstić information content (AvgIpc) is 2.26. The van der Waals surface area contributed by atoms with Gasteiger partial charge in [-0.25, -0.2) is 4.98 Å². The fourth-order valence-corrected chi connectivity index (χ4v) is 1.87. The lowest BCUT2D eigenvalue weighted by Gasteiger charge is -2.38. The summed E-state index contributed by atoms with van der Waals surface area (Å²) in [5.74, 6) is 0.0366. The molecule has 114 valence electrons. The highest BCUT2D eigenvalue weighted by Crippen LogP contribution is 2.33. The second kappa shape index (κ2) is 5.46. The Morgan fingerprint density at radius 1 is 1.15 bits per heavy atom. The lowest BCUT2D eigenvalue weighted by molar-refractivity contribution is -0.137. The smallest absolute Gasteiger partial charge is 0.383 e. The van der Waals surface area contributed by atoms with Crippen molar-refractivity contribution in [2.75, 3.05) is 11.1 Å². The molecule has 0 atom stereocenters. The summed E-state index contributed by atoms with van der Waals surface area (Å²) >= 11 is 0. The number of nitrogens with one attached hydrogen (secondary N) is 1. The van der Waals surface area contributed by atoms with Gasteiger partial charge in [0.05, 0.1) is 0 Å². The first-order valence-corrected chi connectivity index (χ1v) is 6.46. The van der Waals surface area contributed by atoms with Gasteiger partial charge in [-0.2, -0.15) is 18.2 Å². The molecule has 7 heteroatoms. The number of halogens is 3. The predicted molar refractivity (Wildman–Crippen MR) is 73.2 cm³/mol. The van der Waals surface area contributed by atoms with Gasteiger partial charge in [0.1, 0.15) is 11.4 Å². The zero-order valence-corrected chi connectivity index (χ0v) is 12.3. The number of nitrogens with two attached hydrogens (primary N) is 1. The standard InChI is InChI=1S/C13H21F3N4/c1-7(2)12(5,8(3)4)20-11-18-6-9(10(17)19-11)13(14,15)16/h6-8H,1-5H3,(H3,17,18,19,20). The molecule has 0 aliphatic heterocycles. The third-order valence-corrected chi connectivity index (χ3v) is 3.90. The highest BCUT2D eigenvalue weighted by Gasteiger charge is 2.36. The molecule has 1 aromatic heterocycles. The molecule has 0 aliphatic rings. The van der Waals surface area contributed by atoms with E-state index in [1.165, 1.54) is 0 Å². The van der Waals surface area contributed by atoms with Gasteiger partial charge in [-0.3, -0.25) is 0 Å². The van der Waals surface area contributed by atoms with Crippen molar-refractivity contribution >= 4 is 11.8 Å². The van der Waals surface area contributed by atoms with Gasteiger partial charge < -0.3 is 11.1 Å². The fourth-order valence-electron chi connectivity index (χ4n) is 1.87. The van der Waals surface area contributed by atoms with Crippen LogP contribution in [0.15, 0.2) is 6.20 Å². The first kappa shape index (κ1) is 16.5. The van der Waals surface area contributed by atoms with E-state index in [0.717, 1.165) is 0 Å². The molecule has 0 fully saturated rings. The van der Waals surface area contributed by atoms with Gasteiger partial charge in [0.25, 0.3) is 0 Å². The van der Waals surface area contributed by atoms with Crippen LogP contribution in [0.1, 0.15) is 40.2 Å². The van der Waals surface area contributed by atoms with Crippen LogP contribution < -0.4 is 11.1 Å². The van der Waals surface area contributed by atoms with Gasteiger partial charge in [-0.15, -0.1) is 0 Å². The quantitative estimate of drug-likeness (QED) is 0.890. The summed E-state index contributed by atoms with van der Waals surface area (Å²) < 4.78 is 37.8. The summed E-state index contributed by atoms with van der Waals surface area (Å²) in [6, 6.07) is 0. The minimum Gasteiger partial charge on any atom is -0.383 e. The van der Waals surface area contributed by atoms with Crippen LogP contribution in [0, 0.1) is 11.8 Å². The van der Waals surface area contributed by atoms with Crippen molar-refractivity contribution in [1.29, 1.82) is 0 Å². The van der Waals surface area contributed by atoms with Crippen LogP contribution in [-0.4, -0.2) is 15.5 Å². The fraction of sp³-hybridized carbons (Fsp3) is 0.692. The van der Waals surface area contributed by atoms with E-state index in [4.69, 9.17) is 5.73 Å². The highest BCUT2D eigenvalue weighted by molar-refractivity contribution is 5.45. The Morgan fingerprint density at radius 3 is 2.00 bits per heavy atom. The lowest BCUT2D eigenvalue weighted by Crippen LogP contribution is -2.45. The number of aromatic nitrogens is 2. The number of rotatable bonds is 4. The van der Waals surface area contributed by atoms with Crippen LogP contribution in [0.4, 0.5) is 24.9 Å². The highest BCUT2D eigenvalue weighted by atomic mass is 19.4. The number of hydrogen-bond acceptors (Lipinski definition) is 4. The molecule has 20 heavy (non-hydrogen) atoms. The van der Waals surface area contributed by atoms with E-state index in [1.54, 1.807) is 0 Å². The molecule has 0 saturated carbocycles. The van der Waals surface area contributed by atoms with Crippen molar-refractivity contribution in [1.82, 2.24) is 9.97 Å². The normalized spacial score (nSPS) is 13.1. The van der Waals surface area contributed by atoms with E-state index in [0.29, 0.717) is 6.20 Å². The molecular weight excluding hydrogens is 269 g/mol. The molecule has 0 amide bonds. The van der Waals surface area contributed by atoms with Gasteiger partial charge in [-0.1, -0.05) is 27.7 Å². The Labute approximate surface area is 117 Å². The van der Waals surface area contributed by atoms with E-state index < -0.39 is 17.6 Å². The summed E-state index contributed by atoms with van der Waals surface area (Å²) in [6.45, 7) is 10.1. The van der Waals surface area contributed by atoms with Crippen molar-refractivity contribution in [2.24, 2.45) is 11.8 Å². The van der Waals surface area contributed by atoms with Crippen molar-refractivity contribution in [2.45, 2.75) is 46.3 Å². The Morgan fingerprint density at radius 2 is 1.65 bits per heavy atom. The Balaban J connectivity index is 3.09. The van der Waals surface area contributed by atoms with Gasteiger partial charge >= 0.3 is 6.18 Å². The Hall–Kier alpha value is -1.53. The minimum absolute atomic E-state index is 0.111. The average molecular weight is 290 g/mol. The van der Waals surface area contributed by atoms with Crippen LogP contribution in [0.3, 0.4) is 0 Å². The molecule has 0 aliphatic carbocycles. The van der Waals surface area contributed by atoms with Gasteiger partial charge in [0.2, 0.25) is 5.95 Å². The lowest BCUT2D eigenvalue weighted by atomic mass is 9.79. The number of hydrogen-bond donors (Lipinski definition) is 2. The van der Waals surface area contributed by atoms with Crippen molar-refractivity contribution < 1.29 is 13.2 Å². The molecule has 0 bridgehead atoms. The van der Waals surface area contributed by atoms with Crippen LogP contribution in [-0.2, 0) is 6.18 Å². The van der Waals surface area contributed by atoms with Crippen LogP contribution >= 0.6 is 0 Å². The van der Waals surface area contributed by atoms with E-state index in [9.17, 15) is 13.2 Å². The molecule has 0 saturated heterocycles. The van der Waals surface area contributed by atoms with E-state index in [1.807, 2.05) is 34.6 Å². The summed E-state index contributed by atoms with van der Waals surface area (Å²) in [5.41, 5.74) is 4.01. The molecule has 0 unspecified atom stereocenters. The number of nitrogens with zero attached hydrogens (tertiary/aromatic N) is 2. The number of nitrogen functional groups attached to an aromatic ring is 1. The maximum atomic E-state index is 12.6. The van der Waals surface area contributed by atoms with Gasteiger partial charge in [-0.05, 0) is 18.8 Å². The maximum absolute atomic E-state index is 12.6. The number of anilines is 2. The third kappa shape index (κ3) is 3.32. The zero-order valence-electron chi connectivity index (χ0n) is 12.3. The molecule has 0 aromatic carbocycles. The molecule has 4 nitrogen and oxygen atoms in total. The first-order valence-electron chi connectivity index (χ1n) is 6.46. The molecular formula is C13H21F3N4. The summed E-state index contributed by atoms with van der Waals surface area (Å²) in [5, 5.41) is 3.10. The largest absolute Gasteiger partial charge is 0.421 e.